The molecule has 1 aliphatic rings. The van der Waals surface area contributed by atoms with Crippen molar-refractivity contribution in [3.63, 3.8) is 0 Å². The van der Waals surface area contributed by atoms with E-state index in [1.165, 1.54) is 4.90 Å². The molecule has 1 heterocycles. The molecule has 0 saturated carbocycles. The summed E-state index contributed by atoms with van der Waals surface area (Å²) in [7, 11) is 0. The van der Waals surface area contributed by atoms with Gasteiger partial charge in [0.2, 0.25) is 5.91 Å². The van der Waals surface area contributed by atoms with Crippen molar-refractivity contribution in [2.75, 3.05) is 11.9 Å². The highest BCUT2D eigenvalue weighted by Gasteiger charge is 2.46. The second-order valence-corrected chi connectivity index (χ2v) is 7.32. The van der Waals surface area contributed by atoms with E-state index in [2.05, 4.69) is 5.32 Å². The Kier molecular flexibility index (Phi) is 5.50. The van der Waals surface area contributed by atoms with E-state index < -0.39 is 11.5 Å². The monoisotopic (exact) mass is 346 g/mol. The maximum atomic E-state index is 12.8. The van der Waals surface area contributed by atoms with Crippen LogP contribution in [0.2, 0.25) is 0 Å². The summed E-state index contributed by atoms with van der Waals surface area (Å²) in [6, 6.07) is 5.05. The smallest absolute Gasteiger partial charge is 0.329 e. The Morgan fingerprint density at radius 2 is 2.00 bits per heavy atom. The van der Waals surface area contributed by atoms with E-state index in [1.807, 2.05) is 20.8 Å². The number of aryl methyl sites for hydroxylation is 1. The lowest BCUT2D eigenvalue weighted by Crippen LogP contribution is -2.50. The zero-order chi connectivity index (χ0) is 18.8. The first-order valence-corrected chi connectivity index (χ1v) is 8.61. The van der Waals surface area contributed by atoms with Crippen LogP contribution in [0.25, 0.3) is 0 Å². The number of likely N-dealkylation sites (tertiary alicyclic amines) is 1. The zero-order valence-electron chi connectivity index (χ0n) is 15.3. The third-order valence-corrected chi connectivity index (χ3v) is 4.69. The van der Waals surface area contributed by atoms with Crippen molar-refractivity contribution < 1.29 is 19.5 Å². The number of amides is 2. The van der Waals surface area contributed by atoms with Gasteiger partial charge in [-0.2, -0.15) is 0 Å². The second kappa shape index (κ2) is 7.25. The molecular formula is C19H26N2O4. The molecule has 6 nitrogen and oxygen atoms in total. The Hall–Kier alpha value is -2.37. The topological polar surface area (TPSA) is 86.7 Å². The molecule has 0 aromatic heterocycles. The summed E-state index contributed by atoms with van der Waals surface area (Å²) in [6.07, 6.45) is 1.57. The van der Waals surface area contributed by atoms with Crippen LogP contribution in [0.3, 0.4) is 0 Å². The Bertz CT molecular complexity index is 699. The van der Waals surface area contributed by atoms with Gasteiger partial charge in [-0.3, -0.25) is 9.59 Å². The quantitative estimate of drug-likeness (QED) is 0.858. The molecule has 0 bridgehead atoms. The molecule has 0 radical (unpaired) electrons. The summed E-state index contributed by atoms with van der Waals surface area (Å²) in [5.41, 5.74) is 0.729. The van der Waals surface area contributed by atoms with Gasteiger partial charge in [0, 0.05) is 24.2 Å². The fourth-order valence-corrected chi connectivity index (χ4v) is 3.18. The van der Waals surface area contributed by atoms with Gasteiger partial charge in [-0.05, 0) is 56.4 Å². The Morgan fingerprint density at radius 1 is 1.32 bits per heavy atom. The van der Waals surface area contributed by atoms with Gasteiger partial charge in [-0.25, -0.2) is 4.79 Å². The van der Waals surface area contributed by atoms with Crippen molar-refractivity contribution in [3.8, 4) is 0 Å². The zero-order valence-corrected chi connectivity index (χ0v) is 15.3. The molecule has 2 rings (SSSR count). The molecule has 1 aromatic carbocycles. The van der Waals surface area contributed by atoms with E-state index in [0.29, 0.717) is 37.1 Å². The molecule has 2 N–H and O–H groups in total. The number of carbonyl (C=O) groups excluding carboxylic acids is 2. The molecule has 1 saturated heterocycles. The van der Waals surface area contributed by atoms with Crippen molar-refractivity contribution in [1.82, 2.24) is 4.90 Å². The molecule has 0 aliphatic carbocycles. The number of nitrogens with zero attached hydrogens (tertiary/aromatic N) is 1. The molecule has 25 heavy (non-hydrogen) atoms. The van der Waals surface area contributed by atoms with E-state index in [0.717, 1.165) is 5.56 Å². The first-order chi connectivity index (χ1) is 11.6. The van der Waals surface area contributed by atoms with Crippen molar-refractivity contribution in [1.29, 1.82) is 0 Å². The van der Waals surface area contributed by atoms with Gasteiger partial charge in [0.1, 0.15) is 5.54 Å². The summed E-state index contributed by atoms with van der Waals surface area (Å²) in [4.78, 5) is 37.7. The first-order valence-electron chi connectivity index (χ1n) is 8.61. The van der Waals surface area contributed by atoms with Crippen LogP contribution in [0.1, 0.15) is 56.0 Å². The molecule has 1 atom stereocenters. The van der Waals surface area contributed by atoms with E-state index in [4.69, 9.17) is 0 Å². The normalized spacial score (nSPS) is 20.0. The van der Waals surface area contributed by atoms with Gasteiger partial charge < -0.3 is 15.3 Å². The van der Waals surface area contributed by atoms with Crippen LogP contribution in [-0.2, 0) is 9.59 Å². The standard InChI is InChI=1S/C19H26N2O4/c1-12(2)10-16(22)20-15-7-6-14(11-13(15)3)17(23)21-9-5-8-19(21,4)18(24)25/h6-7,11-12H,5,8-10H2,1-4H3,(H,20,22)(H,24,25). The molecule has 6 heteroatoms. The molecule has 1 fully saturated rings. The number of benzene rings is 1. The van der Waals surface area contributed by atoms with Gasteiger partial charge in [0.25, 0.3) is 5.91 Å². The Labute approximate surface area is 148 Å². The fraction of sp³-hybridized carbons (Fsp3) is 0.526. The van der Waals surface area contributed by atoms with Gasteiger partial charge in [0.15, 0.2) is 0 Å². The van der Waals surface area contributed by atoms with E-state index >= 15 is 0 Å². The highest BCUT2D eigenvalue weighted by molar-refractivity contribution is 5.99. The highest BCUT2D eigenvalue weighted by atomic mass is 16.4. The van der Waals surface area contributed by atoms with Gasteiger partial charge in [-0.1, -0.05) is 13.8 Å². The number of hydrogen-bond acceptors (Lipinski definition) is 3. The first kappa shape index (κ1) is 19.0. The average molecular weight is 346 g/mol. The summed E-state index contributed by atoms with van der Waals surface area (Å²) in [5, 5.41) is 12.3. The van der Waals surface area contributed by atoms with Crippen LogP contribution in [0.15, 0.2) is 18.2 Å². The average Bonchev–Trinajstić information content (AvgIpc) is 2.91. The Morgan fingerprint density at radius 3 is 2.56 bits per heavy atom. The van der Waals surface area contributed by atoms with Crippen LogP contribution in [-0.4, -0.2) is 39.9 Å². The number of carboxylic acids is 1. The summed E-state index contributed by atoms with van der Waals surface area (Å²) in [6.45, 7) is 7.80. The van der Waals surface area contributed by atoms with Crippen LogP contribution in [0.4, 0.5) is 5.69 Å². The number of nitrogens with one attached hydrogen (secondary N) is 1. The lowest BCUT2D eigenvalue weighted by Gasteiger charge is -2.31. The molecular weight excluding hydrogens is 320 g/mol. The minimum atomic E-state index is -1.16. The maximum absolute atomic E-state index is 12.8. The minimum absolute atomic E-state index is 0.0600. The number of carbonyl (C=O) groups is 3. The van der Waals surface area contributed by atoms with Crippen molar-refractivity contribution in [2.24, 2.45) is 5.92 Å². The second-order valence-electron chi connectivity index (χ2n) is 7.32. The maximum Gasteiger partial charge on any atom is 0.329 e. The number of carboxylic acid groups (broad SMARTS) is 1. The molecule has 136 valence electrons. The number of rotatable bonds is 5. The predicted molar refractivity (Wildman–Crippen MR) is 95.6 cm³/mol. The van der Waals surface area contributed by atoms with Gasteiger partial charge in [0.05, 0.1) is 0 Å². The van der Waals surface area contributed by atoms with Crippen molar-refractivity contribution >= 4 is 23.5 Å². The van der Waals surface area contributed by atoms with Crippen LogP contribution in [0.5, 0.6) is 0 Å². The van der Waals surface area contributed by atoms with Gasteiger partial charge in [-0.15, -0.1) is 0 Å². The van der Waals surface area contributed by atoms with Crippen molar-refractivity contribution in [3.05, 3.63) is 29.3 Å². The fourth-order valence-electron chi connectivity index (χ4n) is 3.18. The van der Waals surface area contributed by atoms with Gasteiger partial charge >= 0.3 is 5.97 Å². The highest BCUT2D eigenvalue weighted by Crippen LogP contribution is 2.31. The number of aliphatic carboxylic acids is 1. The third-order valence-electron chi connectivity index (χ3n) is 4.69. The molecule has 1 aromatic rings. The SMILES string of the molecule is Cc1cc(C(=O)N2CCCC2(C)C(=O)O)ccc1NC(=O)CC(C)C. The summed E-state index contributed by atoms with van der Waals surface area (Å²) in [5.74, 6) is -1.06. The van der Waals surface area contributed by atoms with E-state index in [-0.39, 0.29) is 17.7 Å². The Balaban J connectivity index is 2.18. The number of hydrogen-bond donors (Lipinski definition) is 2. The van der Waals surface area contributed by atoms with Crippen LogP contribution >= 0.6 is 0 Å². The lowest BCUT2D eigenvalue weighted by molar-refractivity contribution is -0.147. The van der Waals surface area contributed by atoms with E-state index in [9.17, 15) is 19.5 Å². The van der Waals surface area contributed by atoms with E-state index in [1.54, 1.807) is 25.1 Å². The predicted octanol–water partition coefficient (Wildman–Crippen LogP) is 3.06. The van der Waals surface area contributed by atoms with Crippen LogP contribution < -0.4 is 5.32 Å². The van der Waals surface area contributed by atoms with Crippen molar-refractivity contribution in [2.45, 2.75) is 52.5 Å². The molecule has 0 spiro atoms. The summed E-state index contributed by atoms with van der Waals surface area (Å²) >= 11 is 0. The number of anilines is 1. The molecule has 2 amide bonds. The molecule has 1 aliphatic heterocycles. The largest absolute Gasteiger partial charge is 0.480 e. The third kappa shape index (κ3) is 4.00. The molecule has 1 unspecified atom stereocenters. The summed E-state index contributed by atoms with van der Waals surface area (Å²) < 4.78 is 0. The van der Waals surface area contributed by atoms with Crippen LogP contribution in [0, 0.1) is 12.8 Å². The lowest BCUT2D eigenvalue weighted by atomic mass is 9.98. The minimum Gasteiger partial charge on any atom is -0.480 e.